The highest BCUT2D eigenvalue weighted by atomic mass is 16.5. The Balaban J connectivity index is 1.58. The molecule has 2 aromatic carbocycles. The van der Waals surface area contributed by atoms with E-state index in [1.54, 1.807) is 4.90 Å². The fraction of sp³-hybridized carbons (Fsp3) is 0.321. The average molecular weight is 502 g/mol. The molecule has 0 bridgehead atoms. The zero-order valence-electron chi connectivity index (χ0n) is 20.2. The Bertz CT molecular complexity index is 1410. The van der Waals surface area contributed by atoms with Crippen LogP contribution in [0.4, 0.5) is 0 Å². The molecule has 190 valence electrons. The molecule has 3 heterocycles. The van der Waals surface area contributed by atoms with E-state index >= 15 is 0 Å². The zero-order chi connectivity index (χ0) is 25.7. The third kappa shape index (κ3) is 3.86. The third-order valence-corrected chi connectivity index (χ3v) is 7.59. The summed E-state index contributed by atoms with van der Waals surface area (Å²) in [6, 6.07) is 15.8. The van der Waals surface area contributed by atoms with Crippen molar-refractivity contribution in [2.45, 2.75) is 37.8 Å². The summed E-state index contributed by atoms with van der Waals surface area (Å²) < 4.78 is 7.16. The number of aromatic carboxylic acids is 1. The van der Waals surface area contributed by atoms with Crippen LogP contribution in [0.2, 0.25) is 0 Å². The molecule has 1 aromatic heterocycles. The van der Waals surface area contributed by atoms with E-state index in [2.05, 4.69) is 12.1 Å². The molecule has 1 fully saturated rings. The molecule has 3 aromatic rings. The highest BCUT2D eigenvalue weighted by Gasteiger charge is 2.40. The van der Waals surface area contributed by atoms with Gasteiger partial charge >= 0.3 is 5.97 Å². The van der Waals surface area contributed by atoms with Crippen LogP contribution in [0.25, 0.3) is 0 Å². The van der Waals surface area contributed by atoms with Gasteiger partial charge in [0.05, 0.1) is 12.1 Å². The molecular weight excluding hydrogens is 474 g/mol. The summed E-state index contributed by atoms with van der Waals surface area (Å²) in [5.74, 6) is -2.86. The summed E-state index contributed by atoms with van der Waals surface area (Å²) in [5, 5.41) is 22.5. The average Bonchev–Trinajstić information content (AvgIpc) is 3.35. The number of pyridine rings is 1. The Morgan fingerprint density at radius 2 is 1.65 bits per heavy atom. The van der Waals surface area contributed by atoms with Crippen molar-refractivity contribution in [1.29, 1.82) is 0 Å². The van der Waals surface area contributed by atoms with E-state index in [-0.39, 0.29) is 18.5 Å². The van der Waals surface area contributed by atoms with Crippen LogP contribution < -0.4 is 10.4 Å². The number of carboxylic acids is 1. The van der Waals surface area contributed by atoms with E-state index in [0.29, 0.717) is 13.2 Å². The SMILES string of the molecule is O=C(O)c1cn2c(c(O)c1=O)C(=O)N(C[C@@H]1CCCO1)CN2C1c2ccccc2CCc2ccccc21. The van der Waals surface area contributed by atoms with E-state index < -0.39 is 34.7 Å². The Morgan fingerprint density at radius 1 is 1.00 bits per heavy atom. The second-order valence-electron chi connectivity index (χ2n) is 9.76. The molecule has 1 amide bonds. The van der Waals surface area contributed by atoms with Crippen LogP contribution in [0.3, 0.4) is 0 Å². The van der Waals surface area contributed by atoms with Crippen molar-refractivity contribution < 1.29 is 24.5 Å². The minimum atomic E-state index is -1.47. The molecule has 0 radical (unpaired) electrons. The van der Waals surface area contributed by atoms with Gasteiger partial charge in [-0.3, -0.25) is 19.3 Å². The molecular formula is C28H27N3O6. The highest BCUT2D eigenvalue weighted by Crippen LogP contribution is 2.38. The van der Waals surface area contributed by atoms with Gasteiger partial charge in [0, 0.05) is 19.3 Å². The normalized spacial score (nSPS) is 19.2. The number of amides is 1. The van der Waals surface area contributed by atoms with Crippen LogP contribution in [0.5, 0.6) is 5.75 Å². The number of hydrogen-bond acceptors (Lipinski definition) is 6. The topological polar surface area (TPSA) is 112 Å². The Morgan fingerprint density at radius 3 is 2.24 bits per heavy atom. The van der Waals surface area contributed by atoms with Crippen LogP contribution in [-0.4, -0.2) is 57.6 Å². The molecule has 9 heteroatoms. The maximum Gasteiger partial charge on any atom is 0.341 e. The second kappa shape index (κ2) is 9.08. The lowest BCUT2D eigenvalue weighted by Gasteiger charge is -2.45. The van der Waals surface area contributed by atoms with E-state index in [0.717, 1.165) is 54.1 Å². The van der Waals surface area contributed by atoms with Crippen molar-refractivity contribution in [3.8, 4) is 5.75 Å². The lowest BCUT2D eigenvalue weighted by molar-refractivity contribution is 0.0448. The molecule has 6 rings (SSSR count). The maximum atomic E-state index is 13.6. The number of ether oxygens (including phenoxy) is 1. The van der Waals surface area contributed by atoms with Gasteiger partial charge in [-0.05, 0) is 47.9 Å². The molecule has 0 saturated carbocycles. The number of fused-ring (bicyclic) bond motifs is 3. The van der Waals surface area contributed by atoms with E-state index in [9.17, 15) is 24.6 Å². The first kappa shape index (κ1) is 23.3. The van der Waals surface area contributed by atoms with Gasteiger partial charge in [0.2, 0.25) is 5.43 Å². The van der Waals surface area contributed by atoms with E-state index in [1.807, 2.05) is 41.4 Å². The standard InChI is InChI=1S/C28H27N3O6/c32-25-22(28(35)36)15-30-24(26(25)33)27(34)29(14-19-8-5-13-37-19)16-31(30)23-20-9-3-1-6-17(20)11-12-18-7-2-4-10-21(18)23/h1-4,6-7,9-10,15,19,23,33H,5,8,11-14,16H2,(H,35,36)/t19-/m0/s1. The fourth-order valence-electron chi connectivity index (χ4n) is 5.80. The quantitative estimate of drug-likeness (QED) is 0.565. The lowest BCUT2D eigenvalue weighted by atomic mass is 9.94. The second-order valence-corrected chi connectivity index (χ2v) is 9.76. The summed E-state index contributed by atoms with van der Waals surface area (Å²) in [5.41, 5.74) is 2.45. The largest absolute Gasteiger partial charge is 0.502 e. The van der Waals surface area contributed by atoms with E-state index in [1.165, 1.54) is 4.68 Å². The zero-order valence-corrected chi connectivity index (χ0v) is 20.2. The van der Waals surface area contributed by atoms with Gasteiger partial charge in [-0.15, -0.1) is 0 Å². The van der Waals surface area contributed by atoms with Gasteiger partial charge < -0.3 is 19.8 Å². The molecule has 9 nitrogen and oxygen atoms in total. The summed E-state index contributed by atoms with van der Waals surface area (Å²) in [7, 11) is 0. The number of carboxylic acid groups (broad SMARTS) is 1. The molecule has 1 atom stereocenters. The molecule has 37 heavy (non-hydrogen) atoms. The van der Waals surface area contributed by atoms with E-state index in [4.69, 9.17) is 4.74 Å². The van der Waals surface area contributed by atoms with Crippen LogP contribution in [0, 0.1) is 0 Å². The highest BCUT2D eigenvalue weighted by molar-refractivity contribution is 5.98. The Hall–Kier alpha value is -4.11. The third-order valence-electron chi connectivity index (χ3n) is 7.59. The molecule has 2 aliphatic heterocycles. The number of rotatable bonds is 4. The predicted molar refractivity (Wildman–Crippen MR) is 135 cm³/mol. The van der Waals surface area contributed by atoms with Crippen molar-refractivity contribution in [2.75, 3.05) is 24.8 Å². The number of carbonyl (C=O) groups excluding carboxylic acids is 1. The minimum Gasteiger partial charge on any atom is -0.502 e. The van der Waals surface area contributed by atoms with Gasteiger partial charge in [-0.1, -0.05) is 48.5 Å². The first-order chi connectivity index (χ1) is 17.9. The number of aromatic nitrogens is 1. The summed E-state index contributed by atoms with van der Waals surface area (Å²) in [6.45, 7) is 1.06. The molecule has 2 N–H and O–H groups in total. The van der Waals surface area contributed by atoms with Crippen LogP contribution in [0.15, 0.2) is 59.5 Å². The first-order valence-electron chi connectivity index (χ1n) is 12.5. The monoisotopic (exact) mass is 501 g/mol. The molecule has 0 unspecified atom stereocenters. The predicted octanol–water partition coefficient (Wildman–Crippen LogP) is 2.67. The van der Waals surface area contributed by atoms with Crippen LogP contribution in [0.1, 0.15) is 62.0 Å². The van der Waals surface area contributed by atoms with Crippen molar-refractivity contribution in [3.63, 3.8) is 0 Å². The van der Waals surface area contributed by atoms with Crippen molar-refractivity contribution in [3.05, 3.63) is 98.5 Å². The fourth-order valence-corrected chi connectivity index (χ4v) is 5.80. The van der Waals surface area contributed by atoms with Gasteiger partial charge in [-0.2, -0.15) is 0 Å². The molecule has 1 saturated heterocycles. The number of carbonyl (C=O) groups is 2. The number of hydrogen-bond donors (Lipinski definition) is 2. The summed E-state index contributed by atoms with van der Waals surface area (Å²) >= 11 is 0. The minimum absolute atomic E-state index is 0.125. The number of aryl methyl sites for hydroxylation is 2. The number of nitrogens with zero attached hydrogens (tertiary/aromatic N) is 3. The summed E-state index contributed by atoms with van der Waals surface area (Å²) in [6.07, 6.45) is 4.41. The first-order valence-corrected chi connectivity index (χ1v) is 12.5. The molecule has 0 spiro atoms. The van der Waals surface area contributed by atoms with Gasteiger partial charge in [0.1, 0.15) is 12.2 Å². The van der Waals surface area contributed by atoms with Gasteiger partial charge in [0.15, 0.2) is 11.4 Å². The van der Waals surface area contributed by atoms with Crippen LogP contribution in [-0.2, 0) is 17.6 Å². The van der Waals surface area contributed by atoms with Gasteiger partial charge in [0.25, 0.3) is 5.91 Å². The van der Waals surface area contributed by atoms with Crippen molar-refractivity contribution in [1.82, 2.24) is 9.58 Å². The molecule has 3 aliphatic rings. The van der Waals surface area contributed by atoms with Gasteiger partial charge in [-0.25, -0.2) is 4.79 Å². The number of benzene rings is 2. The number of aromatic hydroxyl groups is 1. The Kier molecular flexibility index (Phi) is 5.72. The molecule has 1 aliphatic carbocycles. The lowest BCUT2D eigenvalue weighted by Crippen LogP contribution is -2.57. The maximum absolute atomic E-state index is 13.6. The van der Waals surface area contributed by atoms with Crippen molar-refractivity contribution in [2.24, 2.45) is 0 Å². The smallest absolute Gasteiger partial charge is 0.341 e. The summed E-state index contributed by atoms with van der Waals surface area (Å²) in [4.78, 5) is 39.9. The van der Waals surface area contributed by atoms with Crippen LogP contribution >= 0.6 is 0 Å². The van der Waals surface area contributed by atoms with Crippen molar-refractivity contribution >= 4 is 11.9 Å². The Labute approximate surface area is 213 Å².